The van der Waals surface area contributed by atoms with E-state index in [-0.39, 0.29) is 5.92 Å². The smallest absolute Gasteiger partial charge is 0.326 e. The average Bonchev–Trinajstić information content (AvgIpc) is 2.41. The van der Waals surface area contributed by atoms with Crippen molar-refractivity contribution in [2.75, 3.05) is 0 Å². The van der Waals surface area contributed by atoms with Crippen molar-refractivity contribution >= 4 is 23.8 Å². The molecule has 2 amide bonds. The number of carboxylic acids is 2. The maximum atomic E-state index is 12.0. The summed E-state index contributed by atoms with van der Waals surface area (Å²) in [5.41, 5.74) is 5.63. The Labute approximate surface area is 133 Å². The fourth-order valence-corrected chi connectivity index (χ4v) is 1.59. The predicted octanol–water partition coefficient (Wildman–Crippen LogP) is -2.12. The summed E-state index contributed by atoms with van der Waals surface area (Å²) in [5.74, 6) is -4.89. The number of amides is 2. The zero-order valence-corrected chi connectivity index (χ0v) is 13.1. The third-order valence-corrected chi connectivity index (χ3v) is 3.08. The highest BCUT2D eigenvalue weighted by Crippen LogP contribution is 2.02. The van der Waals surface area contributed by atoms with E-state index in [9.17, 15) is 24.3 Å². The third-order valence-electron chi connectivity index (χ3n) is 3.08. The van der Waals surface area contributed by atoms with Crippen molar-refractivity contribution in [3.63, 3.8) is 0 Å². The van der Waals surface area contributed by atoms with E-state index < -0.39 is 54.4 Å². The summed E-state index contributed by atoms with van der Waals surface area (Å²) < 4.78 is 0. The molecule has 0 aliphatic heterocycles. The van der Waals surface area contributed by atoms with Crippen molar-refractivity contribution in [3.8, 4) is 0 Å². The molecule has 0 aromatic carbocycles. The van der Waals surface area contributed by atoms with Crippen molar-refractivity contribution in [1.29, 1.82) is 0 Å². The molecule has 0 rings (SSSR count). The van der Waals surface area contributed by atoms with E-state index in [4.69, 9.17) is 15.9 Å². The molecule has 0 aliphatic carbocycles. The number of hydrogen-bond acceptors (Lipinski definition) is 6. The van der Waals surface area contributed by atoms with E-state index >= 15 is 0 Å². The highest BCUT2D eigenvalue weighted by atomic mass is 16.4. The van der Waals surface area contributed by atoms with E-state index in [0.717, 1.165) is 0 Å². The van der Waals surface area contributed by atoms with Gasteiger partial charge in [0.05, 0.1) is 18.6 Å². The van der Waals surface area contributed by atoms with Gasteiger partial charge in [-0.1, -0.05) is 13.8 Å². The Kier molecular flexibility index (Phi) is 8.19. The highest BCUT2D eigenvalue weighted by molar-refractivity contribution is 5.93. The monoisotopic (exact) mass is 333 g/mol. The Bertz CT molecular complexity index is 464. The van der Waals surface area contributed by atoms with Crippen LogP contribution in [0.15, 0.2) is 0 Å². The first-order valence-corrected chi connectivity index (χ1v) is 6.96. The Morgan fingerprint density at radius 3 is 1.87 bits per heavy atom. The van der Waals surface area contributed by atoms with Gasteiger partial charge < -0.3 is 31.7 Å². The van der Waals surface area contributed by atoms with Gasteiger partial charge in [-0.25, -0.2) is 4.79 Å². The van der Waals surface area contributed by atoms with Crippen LogP contribution in [0.3, 0.4) is 0 Å². The summed E-state index contributed by atoms with van der Waals surface area (Å²) in [6.45, 7) is 4.60. The van der Waals surface area contributed by atoms with Crippen molar-refractivity contribution in [2.24, 2.45) is 11.7 Å². The van der Waals surface area contributed by atoms with Crippen LogP contribution in [0.5, 0.6) is 0 Å². The van der Waals surface area contributed by atoms with Crippen LogP contribution in [-0.2, 0) is 19.2 Å². The van der Waals surface area contributed by atoms with E-state index in [0.29, 0.717) is 0 Å². The van der Waals surface area contributed by atoms with Crippen molar-refractivity contribution in [2.45, 2.75) is 51.4 Å². The van der Waals surface area contributed by atoms with Gasteiger partial charge in [0, 0.05) is 0 Å². The first-order valence-electron chi connectivity index (χ1n) is 6.96. The second-order valence-corrected chi connectivity index (χ2v) is 5.49. The molecule has 10 heteroatoms. The lowest BCUT2D eigenvalue weighted by Crippen LogP contribution is -2.58. The van der Waals surface area contributed by atoms with Crippen molar-refractivity contribution in [3.05, 3.63) is 0 Å². The number of hydrogen-bond donors (Lipinski definition) is 6. The molecule has 0 radical (unpaired) electrons. The molecule has 10 nitrogen and oxygen atoms in total. The summed E-state index contributed by atoms with van der Waals surface area (Å²) in [5, 5.41) is 31.3. The van der Waals surface area contributed by atoms with Crippen LogP contribution in [0.2, 0.25) is 0 Å². The molecule has 0 unspecified atom stereocenters. The SMILES string of the molecule is CC(C)[C@H](N)C(=O)N[C@H](C(=O)N[C@@H](CC(=O)O)C(=O)O)[C@@H](C)O. The van der Waals surface area contributed by atoms with Gasteiger partial charge in [0.2, 0.25) is 11.8 Å². The van der Waals surface area contributed by atoms with Crippen LogP contribution in [0.4, 0.5) is 0 Å². The number of nitrogens with one attached hydrogen (secondary N) is 2. The number of carbonyl (C=O) groups is 4. The third kappa shape index (κ3) is 7.06. The number of aliphatic hydroxyl groups excluding tert-OH is 1. The minimum Gasteiger partial charge on any atom is -0.481 e. The second kappa shape index (κ2) is 9.06. The van der Waals surface area contributed by atoms with E-state index in [1.807, 2.05) is 5.32 Å². The summed E-state index contributed by atoms with van der Waals surface area (Å²) in [6.07, 6.45) is -2.18. The number of aliphatic carboxylic acids is 2. The van der Waals surface area contributed by atoms with Gasteiger partial charge in [-0.2, -0.15) is 0 Å². The van der Waals surface area contributed by atoms with Crippen LogP contribution in [0.25, 0.3) is 0 Å². The Balaban J connectivity index is 5.01. The highest BCUT2D eigenvalue weighted by Gasteiger charge is 2.32. The average molecular weight is 333 g/mol. The number of nitrogens with two attached hydrogens (primary N) is 1. The lowest BCUT2D eigenvalue weighted by Gasteiger charge is -2.25. The van der Waals surface area contributed by atoms with Gasteiger partial charge in [0.1, 0.15) is 12.1 Å². The molecule has 4 atom stereocenters. The lowest BCUT2D eigenvalue weighted by molar-refractivity contribution is -0.147. The second-order valence-electron chi connectivity index (χ2n) is 5.49. The quantitative estimate of drug-likeness (QED) is 0.277. The summed E-state index contributed by atoms with van der Waals surface area (Å²) in [6, 6.07) is -4.06. The first-order chi connectivity index (χ1) is 10.5. The zero-order valence-electron chi connectivity index (χ0n) is 13.1. The van der Waals surface area contributed by atoms with E-state index in [1.165, 1.54) is 6.92 Å². The zero-order chi connectivity index (χ0) is 18.3. The standard InChI is InChI=1S/C13H23N3O7/c1-5(2)9(14)11(20)16-10(6(3)17)12(21)15-7(13(22)23)4-8(18)19/h5-7,9-10,17H,4,14H2,1-3H3,(H,15,21)(H,16,20)(H,18,19)(H,22,23)/t6-,7+,9+,10+/m1/s1. The fourth-order valence-electron chi connectivity index (χ4n) is 1.59. The molecule has 0 saturated carbocycles. The summed E-state index contributed by atoms with van der Waals surface area (Å²) >= 11 is 0. The number of carbonyl (C=O) groups excluding carboxylic acids is 2. The molecule has 0 aromatic rings. The van der Waals surface area contributed by atoms with Crippen molar-refractivity contribution in [1.82, 2.24) is 10.6 Å². The Hall–Kier alpha value is -2.20. The molecule has 0 bridgehead atoms. The molecule has 0 saturated heterocycles. The molecule has 132 valence electrons. The fraction of sp³-hybridized carbons (Fsp3) is 0.692. The predicted molar refractivity (Wildman–Crippen MR) is 78.2 cm³/mol. The minimum atomic E-state index is -1.68. The minimum absolute atomic E-state index is 0.216. The molecular formula is C13H23N3O7. The molecule has 0 spiro atoms. The number of carboxylic acid groups (broad SMARTS) is 2. The van der Waals surface area contributed by atoms with Gasteiger partial charge in [0.25, 0.3) is 0 Å². The van der Waals surface area contributed by atoms with Gasteiger partial charge in [-0.05, 0) is 12.8 Å². The molecule has 0 fully saturated rings. The maximum Gasteiger partial charge on any atom is 0.326 e. The molecule has 7 N–H and O–H groups in total. The molecular weight excluding hydrogens is 310 g/mol. The molecule has 23 heavy (non-hydrogen) atoms. The topological polar surface area (TPSA) is 179 Å². The van der Waals surface area contributed by atoms with Gasteiger partial charge >= 0.3 is 11.9 Å². The number of rotatable bonds is 9. The van der Waals surface area contributed by atoms with Crippen LogP contribution < -0.4 is 16.4 Å². The van der Waals surface area contributed by atoms with Crippen LogP contribution >= 0.6 is 0 Å². The van der Waals surface area contributed by atoms with Gasteiger partial charge in [0.15, 0.2) is 0 Å². The largest absolute Gasteiger partial charge is 0.481 e. The summed E-state index contributed by atoms with van der Waals surface area (Å²) in [7, 11) is 0. The van der Waals surface area contributed by atoms with Crippen LogP contribution in [-0.4, -0.2) is 63.3 Å². The summed E-state index contributed by atoms with van der Waals surface area (Å²) in [4.78, 5) is 45.4. The molecule has 0 heterocycles. The van der Waals surface area contributed by atoms with Gasteiger partial charge in [-0.15, -0.1) is 0 Å². The normalized spacial score (nSPS) is 16.1. The maximum absolute atomic E-state index is 12.0. The number of aliphatic hydroxyl groups is 1. The van der Waals surface area contributed by atoms with E-state index in [1.54, 1.807) is 13.8 Å². The van der Waals surface area contributed by atoms with E-state index in [2.05, 4.69) is 5.32 Å². The lowest BCUT2D eigenvalue weighted by atomic mass is 10.0. The molecule has 0 aliphatic rings. The first kappa shape index (κ1) is 20.8. The van der Waals surface area contributed by atoms with Crippen molar-refractivity contribution < 1.29 is 34.5 Å². The van der Waals surface area contributed by atoms with Gasteiger partial charge in [-0.3, -0.25) is 14.4 Å². The Morgan fingerprint density at radius 1 is 1.00 bits per heavy atom. The molecule has 0 aromatic heterocycles. The van der Waals surface area contributed by atoms with Crippen LogP contribution in [0, 0.1) is 5.92 Å². The van der Waals surface area contributed by atoms with Crippen LogP contribution in [0.1, 0.15) is 27.2 Å². The Morgan fingerprint density at radius 2 is 1.52 bits per heavy atom.